The molecule has 0 saturated carbocycles. The molecular formula is C13H17F3N2. The molecule has 0 aromatic heterocycles. The number of hydrogen-bond donors (Lipinski definition) is 1. The minimum atomic E-state index is -4.25. The van der Waals surface area contributed by atoms with E-state index in [0.29, 0.717) is 0 Å². The van der Waals surface area contributed by atoms with Gasteiger partial charge in [-0.3, -0.25) is 0 Å². The SMILES string of the molecule is FC(F)(F)c1ccc(N2CCCCNCC2)cc1. The maximum atomic E-state index is 12.5. The smallest absolute Gasteiger partial charge is 0.370 e. The molecule has 0 atom stereocenters. The lowest BCUT2D eigenvalue weighted by Gasteiger charge is -2.27. The van der Waals surface area contributed by atoms with Crippen molar-refractivity contribution >= 4 is 5.69 Å². The molecule has 1 aliphatic rings. The zero-order valence-corrected chi connectivity index (χ0v) is 10.1. The molecule has 100 valence electrons. The summed E-state index contributed by atoms with van der Waals surface area (Å²) < 4.78 is 37.4. The van der Waals surface area contributed by atoms with E-state index in [0.717, 1.165) is 56.8 Å². The van der Waals surface area contributed by atoms with Gasteiger partial charge in [0.2, 0.25) is 0 Å². The van der Waals surface area contributed by atoms with Crippen molar-refractivity contribution < 1.29 is 13.2 Å². The molecule has 1 saturated heterocycles. The Hall–Kier alpha value is -1.23. The van der Waals surface area contributed by atoms with Gasteiger partial charge in [0, 0.05) is 25.3 Å². The molecule has 0 radical (unpaired) electrons. The predicted octanol–water partition coefficient (Wildman–Crippen LogP) is 2.90. The maximum absolute atomic E-state index is 12.5. The number of halogens is 3. The highest BCUT2D eigenvalue weighted by Crippen LogP contribution is 2.30. The maximum Gasteiger partial charge on any atom is 0.416 e. The summed E-state index contributed by atoms with van der Waals surface area (Å²) in [6.45, 7) is 3.65. The van der Waals surface area contributed by atoms with Crippen molar-refractivity contribution in [3.63, 3.8) is 0 Å². The summed E-state index contributed by atoms with van der Waals surface area (Å²) in [6.07, 6.45) is -2.08. The van der Waals surface area contributed by atoms with Crippen LogP contribution in [0.15, 0.2) is 24.3 Å². The van der Waals surface area contributed by atoms with Crippen molar-refractivity contribution in [2.24, 2.45) is 0 Å². The van der Waals surface area contributed by atoms with E-state index in [1.165, 1.54) is 0 Å². The molecule has 0 spiro atoms. The van der Waals surface area contributed by atoms with Gasteiger partial charge in [0.15, 0.2) is 0 Å². The Morgan fingerprint density at radius 3 is 2.33 bits per heavy atom. The van der Waals surface area contributed by atoms with E-state index in [9.17, 15) is 13.2 Å². The van der Waals surface area contributed by atoms with Crippen molar-refractivity contribution in [3.8, 4) is 0 Å². The molecular weight excluding hydrogens is 241 g/mol. The first-order chi connectivity index (χ1) is 8.57. The van der Waals surface area contributed by atoms with Gasteiger partial charge in [-0.15, -0.1) is 0 Å². The van der Waals surface area contributed by atoms with Gasteiger partial charge in [-0.05, 0) is 43.7 Å². The monoisotopic (exact) mass is 258 g/mol. The third-order valence-corrected chi connectivity index (χ3v) is 3.15. The first-order valence-electron chi connectivity index (χ1n) is 6.20. The van der Waals surface area contributed by atoms with Crippen molar-refractivity contribution in [1.29, 1.82) is 0 Å². The average molecular weight is 258 g/mol. The molecule has 2 rings (SSSR count). The van der Waals surface area contributed by atoms with E-state index < -0.39 is 11.7 Å². The van der Waals surface area contributed by atoms with Crippen molar-refractivity contribution in [2.45, 2.75) is 19.0 Å². The molecule has 1 aromatic carbocycles. The van der Waals surface area contributed by atoms with Gasteiger partial charge in [0.05, 0.1) is 5.56 Å². The summed E-state index contributed by atoms with van der Waals surface area (Å²) in [4.78, 5) is 2.13. The normalized spacial score (nSPS) is 18.3. The van der Waals surface area contributed by atoms with Crippen LogP contribution in [-0.4, -0.2) is 26.2 Å². The third-order valence-electron chi connectivity index (χ3n) is 3.15. The Balaban J connectivity index is 2.07. The predicted molar refractivity (Wildman–Crippen MR) is 65.8 cm³/mol. The van der Waals surface area contributed by atoms with Gasteiger partial charge in [0.1, 0.15) is 0 Å². The van der Waals surface area contributed by atoms with Gasteiger partial charge in [-0.25, -0.2) is 0 Å². The lowest BCUT2D eigenvalue weighted by Crippen LogP contribution is -2.36. The highest BCUT2D eigenvalue weighted by Gasteiger charge is 2.30. The Morgan fingerprint density at radius 2 is 1.67 bits per heavy atom. The highest BCUT2D eigenvalue weighted by atomic mass is 19.4. The van der Waals surface area contributed by atoms with Gasteiger partial charge < -0.3 is 10.2 Å². The number of benzene rings is 1. The lowest BCUT2D eigenvalue weighted by molar-refractivity contribution is -0.137. The standard InChI is InChI=1S/C13H17F3N2/c14-13(15,16)11-3-5-12(6-4-11)18-9-2-1-7-17-8-10-18/h3-6,17H,1-2,7-10H2. The van der Waals surface area contributed by atoms with Crippen LogP contribution in [0.1, 0.15) is 18.4 Å². The molecule has 0 aliphatic carbocycles. The zero-order valence-electron chi connectivity index (χ0n) is 10.1. The topological polar surface area (TPSA) is 15.3 Å². The summed E-state index contributed by atoms with van der Waals surface area (Å²) in [5.74, 6) is 0. The third kappa shape index (κ3) is 3.38. The fraction of sp³-hybridized carbons (Fsp3) is 0.538. The van der Waals surface area contributed by atoms with Gasteiger partial charge in [-0.2, -0.15) is 13.2 Å². The first-order valence-corrected chi connectivity index (χ1v) is 6.20. The minimum absolute atomic E-state index is 0.587. The highest BCUT2D eigenvalue weighted by molar-refractivity contribution is 5.48. The second kappa shape index (κ2) is 5.61. The molecule has 0 bridgehead atoms. The van der Waals surface area contributed by atoms with Crippen molar-refractivity contribution in [1.82, 2.24) is 5.32 Å². The van der Waals surface area contributed by atoms with Crippen LogP contribution in [0.4, 0.5) is 18.9 Å². The van der Waals surface area contributed by atoms with Crippen LogP contribution in [0.2, 0.25) is 0 Å². The molecule has 0 amide bonds. The Bertz CT molecular complexity index is 365. The number of anilines is 1. The van der Waals surface area contributed by atoms with Crippen LogP contribution in [0.5, 0.6) is 0 Å². The van der Waals surface area contributed by atoms with Crippen molar-refractivity contribution in [2.75, 3.05) is 31.1 Å². The molecule has 2 nitrogen and oxygen atoms in total. The quantitative estimate of drug-likeness (QED) is 0.833. The Kier molecular flexibility index (Phi) is 4.11. The van der Waals surface area contributed by atoms with Crippen LogP contribution in [0, 0.1) is 0 Å². The molecule has 18 heavy (non-hydrogen) atoms. The van der Waals surface area contributed by atoms with E-state index in [4.69, 9.17) is 0 Å². The Morgan fingerprint density at radius 1 is 0.944 bits per heavy atom. The Labute approximate surface area is 105 Å². The van der Waals surface area contributed by atoms with Crippen LogP contribution in [-0.2, 0) is 6.18 Å². The van der Waals surface area contributed by atoms with E-state index in [2.05, 4.69) is 10.2 Å². The fourth-order valence-electron chi connectivity index (χ4n) is 2.12. The number of hydrogen-bond acceptors (Lipinski definition) is 2. The van der Waals surface area contributed by atoms with Crippen LogP contribution in [0.25, 0.3) is 0 Å². The summed E-state index contributed by atoms with van der Waals surface area (Å²) in [6, 6.07) is 5.43. The minimum Gasteiger partial charge on any atom is -0.370 e. The van der Waals surface area contributed by atoms with E-state index >= 15 is 0 Å². The molecule has 1 N–H and O–H groups in total. The molecule has 1 heterocycles. The summed E-state index contributed by atoms with van der Waals surface area (Å²) in [5.41, 5.74) is 0.281. The second-order valence-electron chi connectivity index (χ2n) is 4.49. The summed E-state index contributed by atoms with van der Waals surface area (Å²) >= 11 is 0. The van der Waals surface area contributed by atoms with Crippen molar-refractivity contribution in [3.05, 3.63) is 29.8 Å². The molecule has 1 fully saturated rings. The molecule has 0 unspecified atom stereocenters. The van der Waals surface area contributed by atoms with Crippen LogP contribution in [0.3, 0.4) is 0 Å². The fourth-order valence-corrected chi connectivity index (χ4v) is 2.12. The van der Waals surface area contributed by atoms with E-state index in [1.807, 2.05) is 0 Å². The number of rotatable bonds is 1. The van der Waals surface area contributed by atoms with Gasteiger partial charge >= 0.3 is 6.18 Å². The lowest BCUT2D eigenvalue weighted by atomic mass is 10.1. The largest absolute Gasteiger partial charge is 0.416 e. The van der Waals surface area contributed by atoms with Crippen LogP contribution < -0.4 is 10.2 Å². The van der Waals surface area contributed by atoms with Crippen LogP contribution >= 0.6 is 0 Å². The van der Waals surface area contributed by atoms with E-state index in [1.54, 1.807) is 12.1 Å². The number of alkyl halides is 3. The second-order valence-corrected chi connectivity index (χ2v) is 4.49. The summed E-state index contributed by atoms with van der Waals surface area (Å²) in [5, 5.41) is 3.30. The molecule has 1 aliphatic heterocycles. The van der Waals surface area contributed by atoms with E-state index in [-0.39, 0.29) is 0 Å². The molecule has 1 aromatic rings. The number of nitrogens with zero attached hydrogens (tertiary/aromatic N) is 1. The van der Waals surface area contributed by atoms with Gasteiger partial charge in [-0.1, -0.05) is 0 Å². The van der Waals surface area contributed by atoms with Gasteiger partial charge in [0.25, 0.3) is 0 Å². The average Bonchev–Trinajstić information content (AvgIpc) is 2.27. The molecule has 5 heteroatoms. The number of nitrogens with one attached hydrogen (secondary N) is 1. The summed E-state index contributed by atoms with van der Waals surface area (Å²) in [7, 11) is 0. The first kappa shape index (κ1) is 13.2. The zero-order chi connectivity index (χ0) is 13.0.